The zero-order chi connectivity index (χ0) is 13.7. The van der Waals surface area contributed by atoms with E-state index >= 15 is 0 Å². The maximum absolute atomic E-state index is 11.9. The van der Waals surface area contributed by atoms with Crippen LogP contribution in [-0.4, -0.2) is 24.0 Å². The van der Waals surface area contributed by atoms with Crippen LogP contribution in [0.1, 0.15) is 12.5 Å². The summed E-state index contributed by atoms with van der Waals surface area (Å²) in [6, 6.07) is 9.96. The fourth-order valence-corrected chi connectivity index (χ4v) is 2.20. The van der Waals surface area contributed by atoms with Gasteiger partial charge in [-0.2, -0.15) is 0 Å². The van der Waals surface area contributed by atoms with E-state index in [-0.39, 0.29) is 11.8 Å². The summed E-state index contributed by atoms with van der Waals surface area (Å²) in [5.74, 6) is -0.189. The Morgan fingerprint density at radius 3 is 2.89 bits per heavy atom. The van der Waals surface area contributed by atoms with Crippen molar-refractivity contribution >= 4 is 16.8 Å². The van der Waals surface area contributed by atoms with E-state index in [9.17, 15) is 4.79 Å². The van der Waals surface area contributed by atoms with Gasteiger partial charge < -0.3 is 11.1 Å². The van der Waals surface area contributed by atoms with Gasteiger partial charge in [-0.15, -0.1) is 0 Å². The first-order valence-corrected chi connectivity index (χ1v) is 6.56. The number of nitrogens with one attached hydrogen (secondary N) is 1. The second kappa shape index (κ2) is 6.29. The second-order valence-corrected chi connectivity index (χ2v) is 4.52. The van der Waals surface area contributed by atoms with E-state index < -0.39 is 0 Å². The molecular formula is C15H19N3O. The molecule has 1 aromatic heterocycles. The molecule has 100 valence electrons. The topological polar surface area (TPSA) is 68.0 Å². The number of fused-ring (bicyclic) bond motifs is 1. The maximum atomic E-state index is 11.9. The molecule has 19 heavy (non-hydrogen) atoms. The molecule has 4 nitrogen and oxygen atoms in total. The van der Waals surface area contributed by atoms with Gasteiger partial charge >= 0.3 is 0 Å². The van der Waals surface area contributed by atoms with E-state index in [1.165, 1.54) is 0 Å². The minimum atomic E-state index is -0.201. The molecule has 2 rings (SSSR count). The minimum absolute atomic E-state index is 0.0120. The summed E-state index contributed by atoms with van der Waals surface area (Å²) in [5.41, 5.74) is 7.74. The highest BCUT2D eigenvalue weighted by molar-refractivity contribution is 5.83. The summed E-state index contributed by atoms with van der Waals surface area (Å²) in [6.45, 7) is 2.88. The average Bonchev–Trinajstić information content (AvgIpc) is 2.45. The zero-order valence-electron chi connectivity index (χ0n) is 11.1. The van der Waals surface area contributed by atoms with Gasteiger partial charge in [-0.3, -0.25) is 9.78 Å². The average molecular weight is 257 g/mol. The van der Waals surface area contributed by atoms with E-state index in [2.05, 4.69) is 10.3 Å². The van der Waals surface area contributed by atoms with Gasteiger partial charge in [0.2, 0.25) is 5.91 Å². The highest BCUT2D eigenvalue weighted by atomic mass is 16.1. The van der Waals surface area contributed by atoms with Crippen molar-refractivity contribution in [3.05, 3.63) is 42.1 Å². The number of hydrogen-bond acceptors (Lipinski definition) is 3. The highest BCUT2D eigenvalue weighted by Gasteiger charge is 2.17. The SMILES string of the molecule is CCNC(=O)C(CN)Cc1cccc2cccnc12. The largest absolute Gasteiger partial charge is 0.356 e. The monoisotopic (exact) mass is 257 g/mol. The van der Waals surface area contributed by atoms with Gasteiger partial charge in [-0.25, -0.2) is 0 Å². The molecule has 1 heterocycles. The number of pyridine rings is 1. The molecule has 0 saturated carbocycles. The van der Waals surface area contributed by atoms with Crippen LogP contribution >= 0.6 is 0 Å². The number of nitrogens with zero attached hydrogens (tertiary/aromatic N) is 1. The lowest BCUT2D eigenvalue weighted by Gasteiger charge is -2.15. The Hall–Kier alpha value is -1.94. The van der Waals surface area contributed by atoms with Crippen molar-refractivity contribution in [3.63, 3.8) is 0 Å². The van der Waals surface area contributed by atoms with Crippen molar-refractivity contribution in [1.82, 2.24) is 10.3 Å². The van der Waals surface area contributed by atoms with Gasteiger partial charge in [0.25, 0.3) is 0 Å². The number of benzene rings is 1. The maximum Gasteiger partial charge on any atom is 0.224 e. The fourth-order valence-electron chi connectivity index (χ4n) is 2.20. The van der Waals surface area contributed by atoms with Gasteiger partial charge in [0, 0.05) is 24.7 Å². The van der Waals surface area contributed by atoms with Gasteiger partial charge in [0.05, 0.1) is 11.4 Å². The van der Waals surface area contributed by atoms with Crippen molar-refractivity contribution in [2.45, 2.75) is 13.3 Å². The lowest BCUT2D eigenvalue weighted by molar-refractivity contribution is -0.124. The van der Waals surface area contributed by atoms with Gasteiger partial charge in [-0.05, 0) is 25.0 Å². The molecule has 1 amide bonds. The Morgan fingerprint density at radius 2 is 2.16 bits per heavy atom. The Kier molecular flexibility index (Phi) is 4.47. The van der Waals surface area contributed by atoms with Crippen LogP contribution in [0.5, 0.6) is 0 Å². The lowest BCUT2D eigenvalue weighted by atomic mass is 9.96. The standard InChI is InChI=1S/C15H19N3O/c1-2-17-15(19)13(10-16)9-12-6-3-5-11-7-4-8-18-14(11)12/h3-8,13H,2,9-10,16H2,1H3,(H,17,19). The summed E-state index contributed by atoms with van der Waals surface area (Å²) in [4.78, 5) is 16.3. The number of carbonyl (C=O) groups excluding carboxylic acids is 1. The van der Waals surface area contributed by atoms with Crippen LogP contribution in [0.3, 0.4) is 0 Å². The molecule has 4 heteroatoms. The molecule has 1 aromatic carbocycles. The van der Waals surface area contributed by atoms with Crippen molar-refractivity contribution in [2.75, 3.05) is 13.1 Å². The number of hydrogen-bond donors (Lipinski definition) is 2. The highest BCUT2D eigenvalue weighted by Crippen LogP contribution is 2.19. The molecule has 1 unspecified atom stereocenters. The van der Waals surface area contributed by atoms with Crippen LogP contribution in [0.15, 0.2) is 36.5 Å². The molecule has 2 aromatic rings. The van der Waals surface area contributed by atoms with E-state index in [1.807, 2.05) is 37.3 Å². The third-order valence-corrected chi connectivity index (χ3v) is 3.19. The Bertz CT molecular complexity index is 563. The zero-order valence-corrected chi connectivity index (χ0v) is 11.1. The van der Waals surface area contributed by atoms with Gasteiger partial charge in [0.1, 0.15) is 0 Å². The number of nitrogens with two attached hydrogens (primary N) is 1. The molecule has 3 N–H and O–H groups in total. The second-order valence-electron chi connectivity index (χ2n) is 4.52. The summed E-state index contributed by atoms with van der Waals surface area (Å²) in [5, 5.41) is 3.92. The molecule has 0 saturated heterocycles. The molecule has 0 fully saturated rings. The first kappa shape index (κ1) is 13.5. The van der Waals surface area contributed by atoms with Crippen LogP contribution < -0.4 is 11.1 Å². The van der Waals surface area contributed by atoms with Crippen LogP contribution in [0, 0.1) is 5.92 Å². The van der Waals surface area contributed by atoms with Crippen LogP contribution in [-0.2, 0) is 11.2 Å². The van der Waals surface area contributed by atoms with Gasteiger partial charge in [0.15, 0.2) is 0 Å². The summed E-state index contributed by atoms with van der Waals surface area (Å²) < 4.78 is 0. The van der Waals surface area contributed by atoms with E-state index in [4.69, 9.17) is 5.73 Å². The number of aromatic nitrogens is 1. The first-order chi connectivity index (χ1) is 9.26. The first-order valence-electron chi connectivity index (χ1n) is 6.56. The molecule has 0 spiro atoms. The van der Waals surface area contributed by atoms with E-state index in [1.54, 1.807) is 6.20 Å². The molecule has 0 aliphatic rings. The number of amides is 1. The van der Waals surface area contributed by atoms with Crippen molar-refractivity contribution < 1.29 is 4.79 Å². The predicted molar refractivity (Wildman–Crippen MR) is 76.7 cm³/mol. The quantitative estimate of drug-likeness (QED) is 0.852. The number of rotatable bonds is 5. The summed E-state index contributed by atoms with van der Waals surface area (Å²) in [6.07, 6.45) is 2.39. The smallest absolute Gasteiger partial charge is 0.224 e. The van der Waals surface area contributed by atoms with Crippen molar-refractivity contribution in [2.24, 2.45) is 11.7 Å². The molecule has 1 atom stereocenters. The van der Waals surface area contributed by atoms with E-state index in [0.29, 0.717) is 19.5 Å². The lowest BCUT2D eigenvalue weighted by Crippen LogP contribution is -2.36. The Morgan fingerprint density at radius 1 is 1.37 bits per heavy atom. The summed E-state index contributed by atoms with van der Waals surface area (Å²) >= 11 is 0. The van der Waals surface area contributed by atoms with E-state index in [0.717, 1.165) is 16.5 Å². The molecule has 0 radical (unpaired) electrons. The minimum Gasteiger partial charge on any atom is -0.356 e. The summed E-state index contributed by atoms with van der Waals surface area (Å²) in [7, 11) is 0. The number of carbonyl (C=O) groups is 1. The third kappa shape index (κ3) is 3.09. The molecule has 0 aliphatic heterocycles. The van der Waals surface area contributed by atoms with Crippen molar-refractivity contribution in [3.8, 4) is 0 Å². The van der Waals surface area contributed by atoms with Crippen LogP contribution in [0.4, 0.5) is 0 Å². The fraction of sp³-hybridized carbons (Fsp3) is 0.333. The molecular weight excluding hydrogens is 238 g/mol. The molecule has 0 bridgehead atoms. The Labute approximate surface area is 113 Å². The number of para-hydroxylation sites is 1. The molecule has 0 aliphatic carbocycles. The Balaban J connectivity index is 2.27. The third-order valence-electron chi connectivity index (χ3n) is 3.19. The van der Waals surface area contributed by atoms with Crippen LogP contribution in [0.2, 0.25) is 0 Å². The predicted octanol–water partition coefficient (Wildman–Crippen LogP) is 1.49. The van der Waals surface area contributed by atoms with Crippen molar-refractivity contribution in [1.29, 1.82) is 0 Å². The normalized spacial score (nSPS) is 12.3. The van der Waals surface area contributed by atoms with Crippen LogP contribution in [0.25, 0.3) is 10.9 Å². The van der Waals surface area contributed by atoms with Gasteiger partial charge in [-0.1, -0.05) is 24.3 Å².